The lowest BCUT2D eigenvalue weighted by Gasteiger charge is -2.23. The zero-order valence-corrected chi connectivity index (χ0v) is 15.5. The summed E-state index contributed by atoms with van der Waals surface area (Å²) in [5.41, 5.74) is 1.62. The minimum absolute atomic E-state index is 0.113. The van der Waals surface area contributed by atoms with E-state index < -0.39 is 5.41 Å². The standard InChI is InChI=1S/C21H22N2O4/c1-26-15-7-8-16(18(13-15)27-2)22-19(24)21(10-11-21)20(25)23-12-9-14-5-3-4-6-17(14)23/h3-8,13H,9-12H2,1-2H3,(H,22,24). The van der Waals surface area contributed by atoms with Gasteiger partial charge in [0.2, 0.25) is 11.8 Å². The lowest BCUT2D eigenvalue weighted by Crippen LogP contribution is -2.42. The molecule has 1 N–H and O–H groups in total. The molecule has 0 bridgehead atoms. The highest BCUT2D eigenvalue weighted by Gasteiger charge is 2.58. The Morgan fingerprint density at radius 3 is 2.56 bits per heavy atom. The monoisotopic (exact) mass is 366 g/mol. The summed E-state index contributed by atoms with van der Waals surface area (Å²) < 4.78 is 10.5. The summed E-state index contributed by atoms with van der Waals surface area (Å²) in [6.07, 6.45) is 1.95. The van der Waals surface area contributed by atoms with Crippen molar-refractivity contribution in [3.05, 3.63) is 48.0 Å². The quantitative estimate of drug-likeness (QED) is 0.826. The van der Waals surface area contributed by atoms with Crippen molar-refractivity contribution in [2.45, 2.75) is 19.3 Å². The number of fused-ring (bicyclic) bond motifs is 1. The molecule has 27 heavy (non-hydrogen) atoms. The molecule has 2 aliphatic rings. The van der Waals surface area contributed by atoms with Crippen LogP contribution in [0.25, 0.3) is 0 Å². The Balaban J connectivity index is 1.55. The van der Waals surface area contributed by atoms with Crippen LogP contribution in [-0.4, -0.2) is 32.6 Å². The second-order valence-electron chi connectivity index (χ2n) is 6.94. The number of hydrogen-bond acceptors (Lipinski definition) is 4. The summed E-state index contributed by atoms with van der Waals surface area (Å²) in [6, 6.07) is 13.0. The molecule has 0 unspecified atom stereocenters. The van der Waals surface area contributed by atoms with E-state index >= 15 is 0 Å². The number of benzene rings is 2. The Hall–Kier alpha value is -3.02. The third-order valence-electron chi connectivity index (χ3n) is 5.38. The maximum absolute atomic E-state index is 13.2. The summed E-state index contributed by atoms with van der Waals surface area (Å²) in [5, 5.41) is 2.88. The molecular weight excluding hydrogens is 344 g/mol. The number of amides is 2. The van der Waals surface area contributed by atoms with Gasteiger partial charge in [0.15, 0.2) is 0 Å². The summed E-state index contributed by atoms with van der Waals surface area (Å²) in [4.78, 5) is 27.9. The molecule has 2 aromatic carbocycles. The minimum Gasteiger partial charge on any atom is -0.497 e. The Labute approximate surface area is 158 Å². The highest BCUT2D eigenvalue weighted by Crippen LogP contribution is 2.50. The van der Waals surface area contributed by atoms with Crippen LogP contribution in [0.2, 0.25) is 0 Å². The first-order valence-corrected chi connectivity index (χ1v) is 9.02. The van der Waals surface area contributed by atoms with Crippen LogP contribution in [0.3, 0.4) is 0 Å². The predicted octanol–water partition coefficient (Wildman–Crippen LogP) is 3.01. The number of carbonyl (C=O) groups excluding carboxylic acids is 2. The average Bonchev–Trinajstić information content (AvgIpc) is 3.41. The second-order valence-corrected chi connectivity index (χ2v) is 6.94. The topological polar surface area (TPSA) is 67.9 Å². The largest absolute Gasteiger partial charge is 0.497 e. The Bertz CT molecular complexity index is 905. The lowest BCUT2D eigenvalue weighted by molar-refractivity contribution is -0.132. The molecule has 0 spiro atoms. The Morgan fingerprint density at radius 2 is 1.85 bits per heavy atom. The molecule has 1 heterocycles. The Kier molecular flexibility index (Phi) is 4.26. The van der Waals surface area contributed by atoms with Crippen LogP contribution in [0.5, 0.6) is 11.5 Å². The number of hydrogen-bond donors (Lipinski definition) is 1. The van der Waals surface area contributed by atoms with Gasteiger partial charge in [-0.3, -0.25) is 9.59 Å². The van der Waals surface area contributed by atoms with E-state index in [0.717, 1.165) is 17.7 Å². The molecular formula is C21H22N2O4. The van der Waals surface area contributed by atoms with Crippen molar-refractivity contribution < 1.29 is 19.1 Å². The number of methoxy groups -OCH3 is 2. The number of para-hydroxylation sites is 1. The fraction of sp³-hybridized carbons (Fsp3) is 0.333. The summed E-state index contributed by atoms with van der Waals surface area (Å²) in [6.45, 7) is 0.624. The first-order chi connectivity index (χ1) is 13.1. The van der Waals surface area contributed by atoms with Crippen LogP contribution >= 0.6 is 0 Å². The van der Waals surface area contributed by atoms with Gasteiger partial charge in [-0.15, -0.1) is 0 Å². The van der Waals surface area contributed by atoms with Crippen LogP contribution < -0.4 is 19.7 Å². The van der Waals surface area contributed by atoms with E-state index in [2.05, 4.69) is 5.32 Å². The molecule has 1 saturated carbocycles. The van der Waals surface area contributed by atoms with Crippen molar-refractivity contribution in [2.75, 3.05) is 31.0 Å². The van der Waals surface area contributed by atoms with Crippen molar-refractivity contribution >= 4 is 23.2 Å². The van der Waals surface area contributed by atoms with E-state index in [-0.39, 0.29) is 11.8 Å². The highest BCUT2D eigenvalue weighted by atomic mass is 16.5. The maximum Gasteiger partial charge on any atom is 0.242 e. The van der Waals surface area contributed by atoms with Gasteiger partial charge in [0.25, 0.3) is 0 Å². The average molecular weight is 366 g/mol. The van der Waals surface area contributed by atoms with E-state index in [1.165, 1.54) is 7.11 Å². The fourth-order valence-electron chi connectivity index (χ4n) is 3.61. The summed E-state index contributed by atoms with van der Waals surface area (Å²) in [7, 11) is 3.10. The number of nitrogens with zero attached hydrogens (tertiary/aromatic N) is 1. The van der Waals surface area contributed by atoms with Crippen LogP contribution in [0, 0.1) is 5.41 Å². The molecule has 2 amide bonds. The van der Waals surface area contributed by atoms with E-state index in [1.807, 2.05) is 24.3 Å². The van der Waals surface area contributed by atoms with Crippen molar-refractivity contribution in [3.63, 3.8) is 0 Å². The molecule has 1 aliphatic carbocycles. The molecule has 4 rings (SSSR count). The van der Waals surface area contributed by atoms with Gasteiger partial charge in [0.05, 0.1) is 19.9 Å². The molecule has 1 aliphatic heterocycles. The molecule has 0 radical (unpaired) electrons. The lowest BCUT2D eigenvalue weighted by atomic mass is 10.0. The first-order valence-electron chi connectivity index (χ1n) is 9.02. The van der Waals surface area contributed by atoms with Crippen LogP contribution in [0.4, 0.5) is 11.4 Å². The van der Waals surface area contributed by atoms with Gasteiger partial charge in [-0.25, -0.2) is 0 Å². The summed E-state index contributed by atoms with van der Waals surface area (Å²) in [5.74, 6) is 0.742. The van der Waals surface area contributed by atoms with E-state index in [1.54, 1.807) is 30.2 Å². The van der Waals surface area contributed by atoms with E-state index in [9.17, 15) is 9.59 Å². The smallest absolute Gasteiger partial charge is 0.242 e. The number of anilines is 2. The van der Waals surface area contributed by atoms with Gasteiger partial charge in [-0.05, 0) is 43.0 Å². The van der Waals surface area contributed by atoms with Crippen molar-refractivity contribution in [3.8, 4) is 11.5 Å². The third-order valence-corrected chi connectivity index (χ3v) is 5.38. The maximum atomic E-state index is 13.2. The van der Waals surface area contributed by atoms with Gasteiger partial charge in [-0.2, -0.15) is 0 Å². The van der Waals surface area contributed by atoms with Gasteiger partial charge in [-0.1, -0.05) is 18.2 Å². The summed E-state index contributed by atoms with van der Waals surface area (Å²) >= 11 is 0. The van der Waals surface area contributed by atoms with Crippen LogP contribution in [0.1, 0.15) is 18.4 Å². The number of carbonyl (C=O) groups is 2. The fourth-order valence-corrected chi connectivity index (χ4v) is 3.61. The first kappa shape index (κ1) is 17.4. The zero-order chi connectivity index (χ0) is 19.0. The molecule has 6 heteroatoms. The normalized spacial score (nSPS) is 16.4. The minimum atomic E-state index is -0.984. The molecule has 0 aromatic heterocycles. The number of nitrogens with one attached hydrogen (secondary N) is 1. The molecule has 1 fully saturated rings. The highest BCUT2D eigenvalue weighted by molar-refractivity contribution is 6.18. The van der Waals surface area contributed by atoms with E-state index in [4.69, 9.17) is 9.47 Å². The van der Waals surface area contributed by atoms with Crippen molar-refractivity contribution in [1.82, 2.24) is 0 Å². The number of rotatable bonds is 5. The van der Waals surface area contributed by atoms with E-state index in [0.29, 0.717) is 36.6 Å². The third kappa shape index (κ3) is 2.91. The van der Waals surface area contributed by atoms with Gasteiger partial charge in [0.1, 0.15) is 16.9 Å². The zero-order valence-electron chi connectivity index (χ0n) is 15.5. The van der Waals surface area contributed by atoms with Crippen molar-refractivity contribution in [2.24, 2.45) is 5.41 Å². The molecule has 0 atom stereocenters. The predicted molar refractivity (Wildman–Crippen MR) is 102 cm³/mol. The van der Waals surface area contributed by atoms with Crippen LogP contribution in [-0.2, 0) is 16.0 Å². The van der Waals surface area contributed by atoms with Crippen molar-refractivity contribution in [1.29, 1.82) is 0 Å². The van der Waals surface area contributed by atoms with Gasteiger partial charge >= 0.3 is 0 Å². The van der Waals surface area contributed by atoms with Gasteiger partial charge in [0, 0.05) is 18.3 Å². The van der Waals surface area contributed by atoms with Crippen LogP contribution in [0.15, 0.2) is 42.5 Å². The molecule has 6 nitrogen and oxygen atoms in total. The Morgan fingerprint density at radius 1 is 1.07 bits per heavy atom. The second kappa shape index (κ2) is 6.61. The van der Waals surface area contributed by atoms with Gasteiger partial charge < -0.3 is 19.7 Å². The molecule has 2 aromatic rings. The SMILES string of the molecule is COc1ccc(NC(=O)C2(C(=O)N3CCc4ccccc43)CC2)c(OC)c1. The number of ether oxygens (including phenoxy) is 2. The molecule has 0 saturated heterocycles. The molecule has 140 valence electrons.